The molecule has 1 nitrogen and oxygen atoms in total. The Hall–Kier alpha value is 0.177. The van der Waals surface area contributed by atoms with E-state index in [1.54, 1.807) is 0 Å². The molecule has 0 fully saturated rings. The van der Waals surface area contributed by atoms with Gasteiger partial charge in [0.15, 0.2) is 8.32 Å². The van der Waals surface area contributed by atoms with Crippen LogP contribution in [0, 0.1) is 6.92 Å². The van der Waals surface area contributed by atoms with E-state index in [9.17, 15) is 0 Å². The molecule has 1 radical (unpaired) electrons. The van der Waals surface area contributed by atoms with Gasteiger partial charge in [-0.25, -0.2) is 0 Å². The predicted molar refractivity (Wildman–Crippen MR) is 43.9 cm³/mol. The van der Waals surface area contributed by atoms with E-state index < -0.39 is 8.32 Å². The van der Waals surface area contributed by atoms with Crippen LogP contribution < -0.4 is 0 Å². The fourth-order valence-corrected chi connectivity index (χ4v) is 1.29. The van der Waals surface area contributed by atoms with Crippen LogP contribution in [0.3, 0.4) is 0 Å². The van der Waals surface area contributed by atoms with Crippen LogP contribution in [0.25, 0.3) is 0 Å². The zero-order chi connectivity index (χ0) is 7.49. The molecule has 0 aliphatic heterocycles. The first-order chi connectivity index (χ1) is 4.00. The molecule has 0 saturated heterocycles. The summed E-state index contributed by atoms with van der Waals surface area (Å²) in [6.07, 6.45) is 0. The van der Waals surface area contributed by atoms with Gasteiger partial charge in [0.05, 0.1) is 0 Å². The number of hydrogen-bond donors (Lipinski definition) is 0. The quantitative estimate of drug-likeness (QED) is 0.554. The molecule has 0 bridgehead atoms. The lowest BCUT2D eigenvalue weighted by Crippen LogP contribution is -2.33. The zero-order valence-electron chi connectivity index (χ0n) is 6.90. The summed E-state index contributed by atoms with van der Waals surface area (Å²) in [4.78, 5) is 0. The molecule has 0 aliphatic carbocycles. The molecule has 0 aromatic rings. The molecule has 0 N–H and O–H groups in total. The second-order valence-electron chi connectivity index (χ2n) is 3.11. The third-order valence-corrected chi connectivity index (χ3v) is 5.59. The maximum absolute atomic E-state index is 5.52. The molecule has 0 rings (SSSR count). The van der Waals surface area contributed by atoms with Crippen LogP contribution in [0.5, 0.6) is 0 Å². The second kappa shape index (κ2) is 3.37. The van der Waals surface area contributed by atoms with Crippen molar-refractivity contribution >= 4 is 8.32 Å². The largest absolute Gasteiger partial charge is 0.417 e. The minimum Gasteiger partial charge on any atom is -0.417 e. The molecular formula is C7H17OSi. The topological polar surface area (TPSA) is 9.23 Å². The van der Waals surface area contributed by atoms with Gasteiger partial charge in [-0.2, -0.15) is 0 Å². The lowest BCUT2D eigenvalue weighted by molar-refractivity contribution is 0.343. The van der Waals surface area contributed by atoms with Crippen LogP contribution >= 0.6 is 0 Å². The van der Waals surface area contributed by atoms with Gasteiger partial charge in [0.1, 0.15) is 0 Å². The van der Waals surface area contributed by atoms with Crippen LogP contribution in [0.4, 0.5) is 0 Å². The van der Waals surface area contributed by atoms with Crippen molar-refractivity contribution in [1.82, 2.24) is 0 Å². The van der Waals surface area contributed by atoms with Crippen molar-refractivity contribution in [2.24, 2.45) is 0 Å². The average molecular weight is 145 g/mol. The highest BCUT2D eigenvalue weighted by Crippen LogP contribution is 2.20. The highest BCUT2D eigenvalue weighted by atomic mass is 28.4. The highest BCUT2D eigenvalue weighted by molar-refractivity contribution is 6.72. The summed E-state index contributed by atoms with van der Waals surface area (Å²) in [5.74, 6) is 0. The summed E-state index contributed by atoms with van der Waals surface area (Å²) in [5.41, 5.74) is 0.694. The van der Waals surface area contributed by atoms with Gasteiger partial charge in [-0.1, -0.05) is 13.8 Å². The summed E-state index contributed by atoms with van der Waals surface area (Å²) in [6, 6.07) is 0. The summed E-state index contributed by atoms with van der Waals surface area (Å²) >= 11 is 0. The summed E-state index contributed by atoms with van der Waals surface area (Å²) in [7, 11) is -1.34. The molecule has 0 heterocycles. The van der Waals surface area contributed by atoms with E-state index in [0.29, 0.717) is 12.1 Å². The molecule has 0 amide bonds. The van der Waals surface area contributed by atoms with Crippen molar-refractivity contribution in [3.63, 3.8) is 0 Å². The molecule has 0 atom stereocenters. The Morgan fingerprint density at radius 2 is 1.89 bits per heavy atom. The van der Waals surface area contributed by atoms with Gasteiger partial charge in [0.25, 0.3) is 0 Å². The smallest absolute Gasteiger partial charge is 0.189 e. The Labute approximate surface area is 59.5 Å². The normalized spacial score (nSPS) is 12.7. The van der Waals surface area contributed by atoms with Crippen LogP contribution in [0.15, 0.2) is 0 Å². The fraction of sp³-hybridized carbons (Fsp3) is 0.857. The van der Waals surface area contributed by atoms with Gasteiger partial charge in [0.2, 0.25) is 0 Å². The van der Waals surface area contributed by atoms with Crippen LogP contribution in [-0.4, -0.2) is 14.9 Å². The Balaban J connectivity index is 3.70. The lowest BCUT2D eigenvalue weighted by Gasteiger charge is -2.25. The van der Waals surface area contributed by atoms with Crippen LogP contribution in [-0.2, 0) is 4.43 Å². The van der Waals surface area contributed by atoms with Gasteiger partial charge >= 0.3 is 0 Å². The summed E-state index contributed by atoms with van der Waals surface area (Å²) in [5, 5.41) is 0. The van der Waals surface area contributed by atoms with Crippen LogP contribution in [0.1, 0.15) is 13.8 Å². The Morgan fingerprint density at radius 1 is 1.44 bits per heavy atom. The third-order valence-electron chi connectivity index (χ3n) is 1.86. The average Bonchev–Trinajstić information content (AvgIpc) is 1.65. The lowest BCUT2D eigenvalue weighted by atomic mass is 10.6. The van der Waals surface area contributed by atoms with Gasteiger partial charge in [-0.3, -0.25) is 0 Å². The van der Waals surface area contributed by atoms with Crippen molar-refractivity contribution in [1.29, 1.82) is 0 Å². The molecule has 0 saturated carbocycles. The van der Waals surface area contributed by atoms with Crippen molar-refractivity contribution in [2.75, 3.05) is 6.61 Å². The first-order valence-electron chi connectivity index (χ1n) is 3.44. The van der Waals surface area contributed by atoms with E-state index in [-0.39, 0.29) is 0 Å². The fourth-order valence-electron chi connectivity index (χ4n) is 0.430. The number of rotatable bonds is 3. The molecule has 0 spiro atoms. The van der Waals surface area contributed by atoms with Crippen molar-refractivity contribution < 1.29 is 4.43 Å². The van der Waals surface area contributed by atoms with Gasteiger partial charge < -0.3 is 4.43 Å². The Kier molecular flexibility index (Phi) is 3.44. The second-order valence-corrected chi connectivity index (χ2v) is 7.76. The molecule has 0 aromatic carbocycles. The zero-order valence-corrected chi connectivity index (χ0v) is 7.90. The standard InChI is InChI=1S/C7H17OSi/c1-6-8-9(4,5)7(2)3/h7H,1,6H2,2-5H3. The summed E-state index contributed by atoms with van der Waals surface area (Å²) in [6.45, 7) is 13.2. The number of hydrogen-bond acceptors (Lipinski definition) is 1. The van der Waals surface area contributed by atoms with Crippen molar-refractivity contribution in [3.05, 3.63) is 6.92 Å². The molecule has 0 aliphatic rings. The van der Waals surface area contributed by atoms with Crippen molar-refractivity contribution in [2.45, 2.75) is 32.5 Å². The Bertz CT molecular complexity index is 79.0. The van der Waals surface area contributed by atoms with E-state index in [4.69, 9.17) is 4.43 Å². The van der Waals surface area contributed by atoms with Gasteiger partial charge in [0, 0.05) is 6.61 Å². The maximum atomic E-state index is 5.52. The molecule has 0 unspecified atom stereocenters. The minimum absolute atomic E-state index is 0.622. The first kappa shape index (κ1) is 9.18. The van der Waals surface area contributed by atoms with Gasteiger partial charge in [-0.15, -0.1) is 0 Å². The minimum atomic E-state index is -1.34. The molecule has 2 heteroatoms. The van der Waals surface area contributed by atoms with E-state index in [1.165, 1.54) is 0 Å². The third kappa shape index (κ3) is 3.01. The predicted octanol–water partition coefficient (Wildman–Crippen LogP) is 2.45. The van der Waals surface area contributed by atoms with E-state index >= 15 is 0 Å². The van der Waals surface area contributed by atoms with Gasteiger partial charge in [-0.05, 0) is 25.6 Å². The van der Waals surface area contributed by atoms with Crippen molar-refractivity contribution in [3.8, 4) is 0 Å². The SMILES string of the molecule is [CH2]CO[Si](C)(C)C(C)C. The highest BCUT2D eigenvalue weighted by Gasteiger charge is 2.25. The summed E-state index contributed by atoms with van der Waals surface area (Å²) < 4.78 is 5.52. The van der Waals surface area contributed by atoms with Crippen LogP contribution in [0.2, 0.25) is 18.6 Å². The molecule has 0 aromatic heterocycles. The van der Waals surface area contributed by atoms with E-state index in [1.807, 2.05) is 0 Å². The Morgan fingerprint density at radius 3 is 2.00 bits per heavy atom. The maximum Gasteiger partial charge on any atom is 0.189 e. The van der Waals surface area contributed by atoms with E-state index in [2.05, 4.69) is 33.9 Å². The first-order valence-corrected chi connectivity index (χ1v) is 6.42. The molecular weight excluding hydrogens is 128 g/mol. The monoisotopic (exact) mass is 145 g/mol. The molecule has 55 valence electrons. The molecule has 9 heavy (non-hydrogen) atoms. The van der Waals surface area contributed by atoms with E-state index in [0.717, 1.165) is 0 Å².